The third-order valence-electron chi connectivity index (χ3n) is 5.06. The average molecular weight is 504 g/mol. The Balaban J connectivity index is 1.38. The maximum Gasteiger partial charge on any atom is 0.266 e. The molecule has 0 bridgehead atoms. The lowest BCUT2D eigenvalue weighted by Crippen LogP contribution is -2.12. The predicted octanol–water partition coefficient (Wildman–Crippen LogP) is 6.89. The number of aryl methyl sites for hydroxylation is 2. The molecule has 0 atom stereocenters. The van der Waals surface area contributed by atoms with Crippen LogP contribution in [0.25, 0.3) is 0 Å². The number of amides is 1. The molecule has 4 aromatic rings. The van der Waals surface area contributed by atoms with Crippen molar-refractivity contribution < 1.29 is 13.9 Å². The van der Waals surface area contributed by atoms with Gasteiger partial charge in [0.1, 0.15) is 23.2 Å². The van der Waals surface area contributed by atoms with E-state index in [9.17, 15) is 9.18 Å². The highest BCUT2D eigenvalue weighted by molar-refractivity contribution is 7.12. The van der Waals surface area contributed by atoms with Gasteiger partial charge in [0, 0.05) is 16.8 Å². The van der Waals surface area contributed by atoms with Crippen molar-refractivity contribution in [3.63, 3.8) is 0 Å². The van der Waals surface area contributed by atoms with Crippen molar-refractivity contribution in [2.45, 2.75) is 27.0 Å². The largest absolute Gasteiger partial charge is 0.489 e. The van der Waals surface area contributed by atoms with E-state index in [0.29, 0.717) is 22.1 Å². The molecule has 9 heteroatoms. The molecular weight excluding hydrogens is 484 g/mol. The molecule has 2 aromatic carbocycles. The first-order chi connectivity index (χ1) is 15.8. The van der Waals surface area contributed by atoms with Crippen molar-refractivity contribution in [3.05, 3.63) is 97.0 Å². The smallest absolute Gasteiger partial charge is 0.266 e. The maximum atomic E-state index is 13.2. The van der Waals surface area contributed by atoms with Gasteiger partial charge in [0.2, 0.25) is 0 Å². The highest BCUT2D eigenvalue weighted by Gasteiger charge is 2.15. The first kappa shape index (κ1) is 23.3. The number of aromatic nitrogens is 2. The van der Waals surface area contributed by atoms with Gasteiger partial charge in [0.05, 0.1) is 11.4 Å². The number of benzene rings is 2. The Kier molecular flexibility index (Phi) is 7.02. The summed E-state index contributed by atoms with van der Waals surface area (Å²) < 4.78 is 20.6. The highest BCUT2D eigenvalue weighted by atomic mass is 35.5. The second kappa shape index (κ2) is 9.95. The molecule has 0 saturated heterocycles. The quantitative estimate of drug-likeness (QED) is 0.298. The van der Waals surface area contributed by atoms with Crippen LogP contribution in [0.4, 0.5) is 10.2 Å². The minimum atomic E-state index is -0.412. The standard InChI is InChI=1S/C24H20Cl2FN3O2S/c1-14-3-6-19(7-15(14)2)32-12-16-8-22(33-13-16)24(31)28-23-21(26)11-30(29-23)10-17-4-5-18(27)9-20(17)25/h3-9,11,13H,10,12H2,1-2H3,(H,28,29,31). The fraction of sp³-hybridized carbons (Fsp3) is 0.167. The molecule has 0 aliphatic heterocycles. The Morgan fingerprint density at radius 3 is 2.70 bits per heavy atom. The first-order valence-electron chi connectivity index (χ1n) is 10.0. The van der Waals surface area contributed by atoms with Crippen LogP contribution in [-0.2, 0) is 13.2 Å². The Bertz CT molecular complexity index is 1320. The van der Waals surface area contributed by atoms with Crippen molar-refractivity contribution in [2.75, 3.05) is 5.32 Å². The Morgan fingerprint density at radius 1 is 1.12 bits per heavy atom. The Hall–Kier alpha value is -2.87. The van der Waals surface area contributed by atoms with Crippen LogP contribution in [-0.4, -0.2) is 15.7 Å². The summed E-state index contributed by atoms with van der Waals surface area (Å²) in [5.41, 5.74) is 3.95. The molecule has 0 spiro atoms. The molecule has 2 heterocycles. The minimum Gasteiger partial charge on any atom is -0.489 e. The summed E-state index contributed by atoms with van der Waals surface area (Å²) in [5, 5.41) is 9.51. The molecule has 1 amide bonds. The molecule has 0 radical (unpaired) electrons. The van der Waals surface area contributed by atoms with Crippen LogP contribution in [0.2, 0.25) is 10.0 Å². The lowest BCUT2D eigenvalue weighted by Gasteiger charge is -2.07. The van der Waals surface area contributed by atoms with Crippen LogP contribution in [0.15, 0.2) is 54.0 Å². The van der Waals surface area contributed by atoms with Gasteiger partial charge in [0.25, 0.3) is 5.91 Å². The van der Waals surface area contributed by atoms with Crippen molar-refractivity contribution in [1.82, 2.24) is 9.78 Å². The number of nitrogens with zero attached hydrogens (tertiary/aromatic N) is 2. The highest BCUT2D eigenvalue weighted by Crippen LogP contribution is 2.25. The molecule has 0 fully saturated rings. The van der Waals surface area contributed by atoms with E-state index >= 15 is 0 Å². The van der Waals surface area contributed by atoms with E-state index in [2.05, 4.69) is 17.3 Å². The number of thiophene rings is 1. The van der Waals surface area contributed by atoms with Crippen molar-refractivity contribution in [3.8, 4) is 5.75 Å². The van der Waals surface area contributed by atoms with Crippen LogP contribution in [0, 0.1) is 19.7 Å². The van der Waals surface area contributed by atoms with E-state index in [1.807, 2.05) is 30.5 Å². The summed E-state index contributed by atoms with van der Waals surface area (Å²) in [6.45, 7) is 4.74. The zero-order chi connectivity index (χ0) is 23.5. The van der Waals surface area contributed by atoms with E-state index in [1.54, 1.807) is 18.3 Å². The summed E-state index contributed by atoms with van der Waals surface area (Å²) in [6.07, 6.45) is 1.58. The number of halogens is 3. The van der Waals surface area contributed by atoms with E-state index in [-0.39, 0.29) is 23.3 Å². The number of carbonyl (C=O) groups excluding carboxylic acids is 1. The van der Waals surface area contributed by atoms with Crippen LogP contribution < -0.4 is 10.1 Å². The van der Waals surface area contributed by atoms with Gasteiger partial charge in [-0.15, -0.1) is 11.3 Å². The Morgan fingerprint density at radius 2 is 1.94 bits per heavy atom. The van der Waals surface area contributed by atoms with Gasteiger partial charge < -0.3 is 10.1 Å². The SMILES string of the molecule is Cc1ccc(OCc2csc(C(=O)Nc3nn(Cc4ccc(F)cc4Cl)cc3Cl)c2)cc1C. The number of hydrogen-bond donors (Lipinski definition) is 1. The summed E-state index contributed by atoms with van der Waals surface area (Å²) in [5.74, 6) is 0.296. The zero-order valence-electron chi connectivity index (χ0n) is 17.9. The number of anilines is 1. The summed E-state index contributed by atoms with van der Waals surface area (Å²) in [6, 6.07) is 11.9. The van der Waals surface area contributed by atoms with Gasteiger partial charge in [-0.3, -0.25) is 9.48 Å². The zero-order valence-corrected chi connectivity index (χ0v) is 20.2. The third kappa shape index (κ3) is 5.74. The van der Waals surface area contributed by atoms with E-state index < -0.39 is 5.82 Å². The van der Waals surface area contributed by atoms with Crippen molar-refractivity contribution in [2.24, 2.45) is 0 Å². The third-order valence-corrected chi connectivity index (χ3v) is 6.66. The molecule has 0 saturated carbocycles. The second-order valence-electron chi connectivity index (χ2n) is 7.57. The summed E-state index contributed by atoms with van der Waals surface area (Å²) >= 11 is 13.6. The molecule has 170 valence electrons. The average Bonchev–Trinajstić information content (AvgIpc) is 3.38. The van der Waals surface area contributed by atoms with Crippen LogP contribution in [0.3, 0.4) is 0 Å². The molecule has 0 aliphatic rings. The summed E-state index contributed by atoms with van der Waals surface area (Å²) in [4.78, 5) is 13.2. The van der Waals surface area contributed by atoms with Gasteiger partial charge in [-0.05, 0) is 66.2 Å². The van der Waals surface area contributed by atoms with Gasteiger partial charge in [0.15, 0.2) is 5.82 Å². The van der Waals surface area contributed by atoms with Gasteiger partial charge >= 0.3 is 0 Å². The van der Waals surface area contributed by atoms with Crippen molar-refractivity contribution >= 4 is 46.3 Å². The van der Waals surface area contributed by atoms with E-state index in [0.717, 1.165) is 16.9 Å². The summed E-state index contributed by atoms with van der Waals surface area (Å²) in [7, 11) is 0. The minimum absolute atomic E-state index is 0.237. The molecule has 0 unspecified atom stereocenters. The number of hydrogen-bond acceptors (Lipinski definition) is 4. The van der Waals surface area contributed by atoms with E-state index in [4.69, 9.17) is 27.9 Å². The predicted molar refractivity (Wildman–Crippen MR) is 130 cm³/mol. The topological polar surface area (TPSA) is 56.1 Å². The second-order valence-corrected chi connectivity index (χ2v) is 9.29. The molecular formula is C24H20Cl2FN3O2S. The molecule has 33 heavy (non-hydrogen) atoms. The first-order valence-corrected chi connectivity index (χ1v) is 11.7. The maximum absolute atomic E-state index is 13.2. The Labute approximate surface area is 204 Å². The number of carbonyl (C=O) groups is 1. The molecule has 0 aliphatic carbocycles. The molecule has 2 aromatic heterocycles. The van der Waals surface area contributed by atoms with Crippen LogP contribution in [0.1, 0.15) is 31.9 Å². The lowest BCUT2D eigenvalue weighted by molar-refractivity contribution is 0.103. The lowest BCUT2D eigenvalue weighted by atomic mass is 10.1. The number of rotatable bonds is 7. The number of ether oxygens (including phenoxy) is 1. The van der Waals surface area contributed by atoms with Gasteiger partial charge in [-0.25, -0.2) is 4.39 Å². The molecule has 1 N–H and O–H groups in total. The van der Waals surface area contributed by atoms with Gasteiger partial charge in [-0.1, -0.05) is 35.3 Å². The fourth-order valence-electron chi connectivity index (χ4n) is 3.10. The molecule has 4 rings (SSSR count). The van der Waals surface area contributed by atoms with Crippen LogP contribution >= 0.6 is 34.5 Å². The van der Waals surface area contributed by atoms with Gasteiger partial charge in [-0.2, -0.15) is 5.10 Å². The molecule has 5 nitrogen and oxygen atoms in total. The monoisotopic (exact) mass is 503 g/mol. The van der Waals surface area contributed by atoms with Crippen molar-refractivity contribution in [1.29, 1.82) is 0 Å². The number of nitrogens with one attached hydrogen (secondary N) is 1. The van der Waals surface area contributed by atoms with E-state index in [1.165, 1.54) is 33.7 Å². The normalized spacial score (nSPS) is 10.9. The van der Waals surface area contributed by atoms with Crippen LogP contribution in [0.5, 0.6) is 5.75 Å². The fourth-order valence-corrected chi connectivity index (χ4v) is 4.31.